The standard InChI is InChI=1S/C13H19NO3/c1-3-11-6-9(2)12(17-11)13(16)14-5-4-10(7-14)8-15/h6,10,15H,3-5,7-8H2,1-2H3. The number of carbonyl (C=O) groups excluding carboxylic acids is 1. The van der Waals surface area contributed by atoms with Crippen LogP contribution in [0.4, 0.5) is 0 Å². The van der Waals surface area contributed by atoms with Crippen molar-refractivity contribution in [3.8, 4) is 0 Å². The lowest BCUT2D eigenvalue weighted by molar-refractivity contribution is 0.0747. The molecule has 0 aliphatic carbocycles. The van der Waals surface area contributed by atoms with Gasteiger partial charge in [0.1, 0.15) is 5.76 Å². The van der Waals surface area contributed by atoms with Crippen LogP contribution >= 0.6 is 0 Å². The van der Waals surface area contributed by atoms with E-state index in [1.54, 1.807) is 4.90 Å². The van der Waals surface area contributed by atoms with Crippen molar-refractivity contribution in [2.75, 3.05) is 19.7 Å². The molecular weight excluding hydrogens is 218 g/mol. The molecule has 0 aromatic carbocycles. The minimum Gasteiger partial charge on any atom is -0.456 e. The van der Waals surface area contributed by atoms with Crippen LogP contribution in [0.5, 0.6) is 0 Å². The second kappa shape index (κ2) is 4.92. The summed E-state index contributed by atoms with van der Waals surface area (Å²) in [4.78, 5) is 14.0. The molecule has 1 aliphatic rings. The summed E-state index contributed by atoms with van der Waals surface area (Å²) in [6.07, 6.45) is 1.68. The van der Waals surface area contributed by atoms with Crippen LogP contribution in [0.15, 0.2) is 10.5 Å². The second-order valence-corrected chi connectivity index (χ2v) is 4.67. The number of nitrogens with zero attached hydrogens (tertiary/aromatic N) is 1. The molecular formula is C13H19NO3. The van der Waals surface area contributed by atoms with Gasteiger partial charge in [-0.3, -0.25) is 4.79 Å². The molecule has 4 heteroatoms. The lowest BCUT2D eigenvalue weighted by Crippen LogP contribution is -2.29. The maximum atomic E-state index is 12.2. The minimum atomic E-state index is -0.0434. The molecule has 1 N–H and O–H groups in total. The van der Waals surface area contributed by atoms with Crippen LogP contribution in [0.2, 0.25) is 0 Å². The lowest BCUT2D eigenvalue weighted by Gasteiger charge is -2.14. The Labute approximate surface area is 101 Å². The number of rotatable bonds is 3. The van der Waals surface area contributed by atoms with Gasteiger partial charge in [-0.2, -0.15) is 0 Å². The smallest absolute Gasteiger partial charge is 0.289 e. The van der Waals surface area contributed by atoms with Crippen molar-refractivity contribution in [2.45, 2.75) is 26.7 Å². The number of aliphatic hydroxyl groups is 1. The zero-order chi connectivity index (χ0) is 12.4. The first kappa shape index (κ1) is 12.2. The summed E-state index contributed by atoms with van der Waals surface area (Å²) in [5.74, 6) is 1.49. The van der Waals surface area contributed by atoms with Crippen LogP contribution in [0, 0.1) is 12.8 Å². The molecule has 94 valence electrons. The Bertz CT molecular complexity index is 411. The van der Waals surface area contributed by atoms with E-state index in [0.29, 0.717) is 18.8 Å². The number of likely N-dealkylation sites (tertiary alicyclic amines) is 1. The van der Waals surface area contributed by atoms with Crippen molar-refractivity contribution in [2.24, 2.45) is 5.92 Å². The second-order valence-electron chi connectivity index (χ2n) is 4.67. The molecule has 4 nitrogen and oxygen atoms in total. The van der Waals surface area contributed by atoms with E-state index >= 15 is 0 Å². The van der Waals surface area contributed by atoms with Crippen LogP contribution in [-0.4, -0.2) is 35.6 Å². The Morgan fingerprint density at radius 2 is 2.41 bits per heavy atom. The fraction of sp³-hybridized carbons (Fsp3) is 0.615. The SMILES string of the molecule is CCc1cc(C)c(C(=O)N2CCC(CO)C2)o1. The van der Waals surface area contributed by atoms with Crippen LogP contribution in [0.1, 0.15) is 35.2 Å². The quantitative estimate of drug-likeness (QED) is 0.868. The molecule has 0 saturated carbocycles. The molecule has 0 bridgehead atoms. The van der Waals surface area contributed by atoms with Gasteiger partial charge in [-0.15, -0.1) is 0 Å². The summed E-state index contributed by atoms with van der Waals surface area (Å²) < 4.78 is 5.55. The molecule has 0 spiro atoms. The van der Waals surface area contributed by atoms with Crippen molar-refractivity contribution in [1.29, 1.82) is 0 Å². The van der Waals surface area contributed by atoms with Crippen molar-refractivity contribution in [1.82, 2.24) is 4.90 Å². The first-order valence-electron chi connectivity index (χ1n) is 6.15. The molecule has 1 saturated heterocycles. The number of hydrogen-bond donors (Lipinski definition) is 1. The van der Waals surface area contributed by atoms with Gasteiger partial charge in [-0.25, -0.2) is 0 Å². The third kappa shape index (κ3) is 2.36. The molecule has 1 aliphatic heterocycles. The fourth-order valence-electron chi connectivity index (χ4n) is 2.24. The third-order valence-corrected chi connectivity index (χ3v) is 3.34. The highest BCUT2D eigenvalue weighted by molar-refractivity contribution is 5.93. The summed E-state index contributed by atoms with van der Waals surface area (Å²) in [7, 11) is 0. The van der Waals surface area contributed by atoms with Gasteiger partial charge in [0, 0.05) is 37.6 Å². The molecule has 1 unspecified atom stereocenters. The summed E-state index contributed by atoms with van der Waals surface area (Å²) in [5.41, 5.74) is 0.902. The Balaban J connectivity index is 2.11. The van der Waals surface area contributed by atoms with Crippen molar-refractivity contribution >= 4 is 5.91 Å². The largest absolute Gasteiger partial charge is 0.456 e. The van der Waals surface area contributed by atoms with Crippen LogP contribution in [0.3, 0.4) is 0 Å². The van der Waals surface area contributed by atoms with Gasteiger partial charge in [0.2, 0.25) is 0 Å². The van der Waals surface area contributed by atoms with Crippen molar-refractivity contribution < 1.29 is 14.3 Å². The van der Waals surface area contributed by atoms with E-state index in [2.05, 4.69) is 0 Å². The Hall–Kier alpha value is -1.29. The Kier molecular flexibility index (Phi) is 3.52. The Morgan fingerprint density at radius 1 is 1.65 bits per heavy atom. The monoisotopic (exact) mass is 237 g/mol. The van der Waals surface area contributed by atoms with E-state index in [4.69, 9.17) is 9.52 Å². The van der Waals surface area contributed by atoms with Gasteiger partial charge in [-0.05, 0) is 19.4 Å². The molecule has 2 rings (SSSR count). The Morgan fingerprint density at radius 3 is 2.94 bits per heavy atom. The average molecular weight is 237 g/mol. The number of aliphatic hydroxyl groups excluding tert-OH is 1. The first-order valence-corrected chi connectivity index (χ1v) is 6.15. The predicted molar refractivity (Wildman–Crippen MR) is 63.9 cm³/mol. The summed E-state index contributed by atoms with van der Waals surface area (Å²) >= 11 is 0. The summed E-state index contributed by atoms with van der Waals surface area (Å²) in [6, 6.07) is 1.92. The highest BCUT2D eigenvalue weighted by Gasteiger charge is 2.29. The van der Waals surface area contributed by atoms with E-state index in [1.165, 1.54) is 0 Å². The highest BCUT2D eigenvalue weighted by atomic mass is 16.4. The fourth-order valence-corrected chi connectivity index (χ4v) is 2.24. The third-order valence-electron chi connectivity index (χ3n) is 3.34. The van der Waals surface area contributed by atoms with E-state index < -0.39 is 0 Å². The predicted octanol–water partition coefficient (Wildman–Crippen LogP) is 1.60. The normalized spacial score (nSPS) is 19.9. The highest BCUT2D eigenvalue weighted by Crippen LogP contribution is 2.22. The topological polar surface area (TPSA) is 53.7 Å². The molecule has 2 heterocycles. The zero-order valence-electron chi connectivity index (χ0n) is 10.4. The lowest BCUT2D eigenvalue weighted by atomic mass is 10.1. The van der Waals surface area contributed by atoms with Crippen LogP contribution in [-0.2, 0) is 6.42 Å². The molecule has 1 aromatic rings. The average Bonchev–Trinajstić information content (AvgIpc) is 2.94. The van der Waals surface area contributed by atoms with Gasteiger partial charge in [0.15, 0.2) is 5.76 Å². The van der Waals surface area contributed by atoms with Gasteiger partial charge >= 0.3 is 0 Å². The number of aryl methyl sites for hydroxylation is 2. The maximum Gasteiger partial charge on any atom is 0.289 e. The van der Waals surface area contributed by atoms with Gasteiger partial charge in [-0.1, -0.05) is 6.92 Å². The minimum absolute atomic E-state index is 0.0434. The first-order chi connectivity index (χ1) is 8.15. The summed E-state index contributed by atoms with van der Waals surface area (Å²) in [5, 5.41) is 9.07. The van der Waals surface area contributed by atoms with Crippen LogP contribution < -0.4 is 0 Å². The number of amides is 1. The molecule has 1 aromatic heterocycles. The molecule has 1 atom stereocenters. The van der Waals surface area contributed by atoms with E-state index in [9.17, 15) is 4.79 Å². The van der Waals surface area contributed by atoms with Gasteiger partial charge in [0.05, 0.1) is 0 Å². The van der Waals surface area contributed by atoms with Crippen molar-refractivity contribution in [3.63, 3.8) is 0 Å². The molecule has 0 radical (unpaired) electrons. The zero-order valence-corrected chi connectivity index (χ0v) is 10.4. The molecule has 17 heavy (non-hydrogen) atoms. The molecule has 1 amide bonds. The maximum absolute atomic E-state index is 12.2. The number of furan rings is 1. The summed E-state index contributed by atoms with van der Waals surface area (Å²) in [6.45, 7) is 5.41. The number of hydrogen-bond acceptors (Lipinski definition) is 3. The van der Waals surface area contributed by atoms with E-state index in [1.807, 2.05) is 19.9 Å². The van der Waals surface area contributed by atoms with Crippen molar-refractivity contribution in [3.05, 3.63) is 23.2 Å². The van der Waals surface area contributed by atoms with Gasteiger partial charge in [0.25, 0.3) is 5.91 Å². The van der Waals surface area contributed by atoms with Crippen LogP contribution in [0.25, 0.3) is 0 Å². The van der Waals surface area contributed by atoms with E-state index in [-0.39, 0.29) is 18.4 Å². The van der Waals surface area contributed by atoms with E-state index in [0.717, 1.165) is 24.2 Å². The molecule has 1 fully saturated rings. The van der Waals surface area contributed by atoms with Gasteiger partial charge < -0.3 is 14.4 Å². The number of carbonyl (C=O) groups is 1.